The van der Waals surface area contributed by atoms with E-state index in [1.807, 2.05) is 12.1 Å². The minimum absolute atomic E-state index is 0.516. The van der Waals surface area contributed by atoms with Crippen LogP contribution in [-0.4, -0.2) is 11.6 Å². The fourth-order valence-electron chi connectivity index (χ4n) is 0.669. The quantitative estimate of drug-likeness (QED) is 0.627. The van der Waals surface area contributed by atoms with Crippen molar-refractivity contribution in [2.45, 2.75) is 6.61 Å². The first-order chi connectivity index (χ1) is 4.93. The van der Waals surface area contributed by atoms with Crippen LogP contribution >= 0.6 is 0 Å². The average Bonchev–Trinajstić information content (AvgIpc) is 2.03. The molecule has 1 aromatic rings. The minimum atomic E-state index is 0.516. The van der Waals surface area contributed by atoms with Gasteiger partial charge in [-0.25, -0.2) is 0 Å². The number of rotatable bonds is 3. The van der Waals surface area contributed by atoms with Crippen molar-refractivity contribution in [3.63, 3.8) is 0 Å². The Labute approximate surface area is 60.9 Å². The maximum Gasteiger partial charge on any atom is 0.0717 e. The van der Waals surface area contributed by atoms with Crippen molar-refractivity contribution < 1.29 is 4.74 Å². The summed E-state index contributed by atoms with van der Waals surface area (Å²) in [5.41, 5.74) is 1.14. The van der Waals surface area contributed by atoms with E-state index in [0.29, 0.717) is 13.2 Å². The van der Waals surface area contributed by atoms with Gasteiger partial charge in [-0.15, -0.1) is 0 Å². The molecule has 0 unspecified atom stereocenters. The molecule has 0 aliphatic heterocycles. The van der Waals surface area contributed by atoms with E-state index in [2.05, 4.69) is 11.9 Å². The first-order valence-electron chi connectivity index (χ1n) is 3.19. The largest absolute Gasteiger partial charge is 0.377 e. The smallest absolute Gasteiger partial charge is 0.0717 e. The lowest BCUT2D eigenvalue weighted by atomic mass is 10.3. The van der Waals surface area contributed by atoms with Crippen molar-refractivity contribution in [2.24, 2.45) is 0 Å². The first-order valence-corrected chi connectivity index (χ1v) is 3.19. The summed E-state index contributed by atoms with van der Waals surface area (Å²) in [4.78, 5) is 3.88. The molecule has 1 rings (SSSR count). The zero-order valence-electron chi connectivity index (χ0n) is 5.79. The Kier molecular flexibility index (Phi) is 2.90. The monoisotopic (exact) mass is 136 g/mol. The van der Waals surface area contributed by atoms with Gasteiger partial charge in [0.1, 0.15) is 0 Å². The van der Waals surface area contributed by atoms with Crippen molar-refractivity contribution in [3.05, 3.63) is 37.0 Å². The number of aromatic nitrogens is 1. The van der Waals surface area contributed by atoms with Crippen molar-refractivity contribution >= 4 is 0 Å². The third kappa shape index (κ3) is 2.15. The second-order valence-electron chi connectivity index (χ2n) is 1.91. The van der Waals surface area contributed by atoms with E-state index in [9.17, 15) is 0 Å². The van der Waals surface area contributed by atoms with Crippen LogP contribution in [0.1, 0.15) is 5.56 Å². The summed E-state index contributed by atoms with van der Waals surface area (Å²) >= 11 is 0. The third-order valence-electron chi connectivity index (χ3n) is 1.16. The summed E-state index contributed by atoms with van der Waals surface area (Å²) < 4.78 is 5.08. The van der Waals surface area contributed by atoms with E-state index in [0.717, 1.165) is 5.56 Å². The van der Waals surface area contributed by atoms with Crippen molar-refractivity contribution in [3.8, 4) is 0 Å². The highest BCUT2D eigenvalue weighted by Gasteiger charge is 1.87. The number of hydrogen-bond donors (Lipinski definition) is 0. The molecule has 53 valence electrons. The molecular formula is C8H10NO. The Morgan fingerprint density at radius 2 is 2.10 bits per heavy atom. The minimum Gasteiger partial charge on any atom is -0.377 e. The number of pyridine rings is 1. The summed E-state index contributed by atoms with van der Waals surface area (Å²) in [6, 6.07) is 3.85. The molecule has 0 spiro atoms. The van der Waals surface area contributed by atoms with Crippen LogP contribution in [0, 0.1) is 6.92 Å². The molecule has 1 aromatic heterocycles. The molecular weight excluding hydrogens is 126 g/mol. The normalized spacial score (nSPS) is 9.70. The van der Waals surface area contributed by atoms with Gasteiger partial charge in [0, 0.05) is 19.0 Å². The lowest BCUT2D eigenvalue weighted by molar-refractivity contribution is 0.147. The van der Waals surface area contributed by atoms with Gasteiger partial charge in [-0.3, -0.25) is 4.98 Å². The van der Waals surface area contributed by atoms with Crippen LogP contribution < -0.4 is 0 Å². The lowest BCUT2D eigenvalue weighted by Crippen LogP contribution is -1.91. The second kappa shape index (κ2) is 4.01. The third-order valence-corrected chi connectivity index (χ3v) is 1.16. The lowest BCUT2D eigenvalue weighted by Gasteiger charge is -1.98. The van der Waals surface area contributed by atoms with E-state index >= 15 is 0 Å². The van der Waals surface area contributed by atoms with Gasteiger partial charge in [0.2, 0.25) is 0 Å². The number of nitrogens with zero attached hydrogens (tertiary/aromatic N) is 1. The van der Waals surface area contributed by atoms with Crippen LogP contribution in [-0.2, 0) is 11.3 Å². The number of ether oxygens (including phenoxy) is 1. The molecule has 0 N–H and O–H groups in total. The average molecular weight is 136 g/mol. The van der Waals surface area contributed by atoms with Crippen LogP contribution in [0.15, 0.2) is 24.5 Å². The molecule has 0 aliphatic carbocycles. The molecule has 0 bridgehead atoms. The van der Waals surface area contributed by atoms with Gasteiger partial charge in [-0.2, -0.15) is 0 Å². The van der Waals surface area contributed by atoms with E-state index < -0.39 is 0 Å². The highest BCUT2D eigenvalue weighted by atomic mass is 16.5. The molecule has 0 aliphatic rings. The molecule has 2 nitrogen and oxygen atoms in total. The van der Waals surface area contributed by atoms with Gasteiger partial charge < -0.3 is 4.74 Å². The molecule has 0 aromatic carbocycles. The molecule has 0 fully saturated rings. The predicted octanol–water partition coefficient (Wildman–Crippen LogP) is 1.43. The Hall–Kier alpha value is -0.890. The van der Waals surface area contributed by atoms with Crippen LogP contribution in [0.4, 0.5) is 0 Å². The van der Waals surface area contributed by atoms with Crippen LogP contribution in [0.3, 0.4) is 0 Å². The fraction of sp³-hybridized carbons (Fsp3) is 0.250. The molecule has 1 heterocycles. The van der Waals surface area contributed by atoms with Crippen molar-refractivity contribution in [1.29, 1.82) is 0 Å². The molecule has 0 atom stereocenters. The molecule has 0 saturated heterocycles. The molecule has 0 saturated carbocycles. The second-order valence-corrected chi connectivity index (χ2v) is 1.91. The van der Waals surface area contributed by atoms with E-state index in [-0.39, 0.29) is 0 Å². The summed E-state index contributed by atoms with van der Waals surface area (Å²) in [6.45, 7) is 4.71. The van der Waals surface area contributed by atoms with Crippen LogP contribution in [0.2, 0.25) is 0 Å². The van der Waals surface area contributed by atoms with Crippen molar-refractivity contribution in [1.82, 2.24) is 4.98 Å². The van der Waals surface area contributed by atoms with Gasteiger partial charge in [-0.1, -0.05) is 0 Å². The highest BCUT2D eigenvalue weighted by Crippen LogP contribution is 1.97. The predicted molar refractivity (Wildman–Crippen MR) is 39.3 cm³/mol. The Bertz CT molecular complexity index is 174. The fourth-order valence-corrected chi connectivity index (χ4v) is 0.669. The Morgan fingerprint density at radius 1 is 1.40 bits per heavy atom. The zero-order chi connectivity index (χ0) is 7.23. The van der Waals surface area contributed by atoms with Gasteiger partial charge in [0.25, 0.3) is 0 Å². The standard InChI is InChI=1S/C8H10NO/c1-2-10-7-8-3-5-9-6-4-8/h3-6H,1-2,7H2. The Balaban J connectivity index is 2.43. The Morgan fingerprint density at radius 3 is 2.70 bits per heavy atom. The summed E-state index contributed by atoms with van der Waals surface area (Å²) in [7, 11) is 0. The maximum absolute atomic E-state index is 5.08. The molecule has 2 heteroatoms. The van der Waals surface area contributed by atoms with Crippen LogP contribution in [0.5, 0.6) is 0 Å². The summed E-state index contributed by atoms with van der Waals surface area (Å²) in [6.07, 6.45) is 3.50. The first kappa shape index (κ1) is 7.22. The van der Waals surface area contributed by atoms with Crippen molar-refractivity contribution in [2.75, 3.05) is 6.61 Å². The van der Waals surface area contributed by atoms with Crippen LogP contribution in [0.25, 0.3) is 0 Å². The SMILES string of the molecule is [CH2]COCc1ccncc1. The molecule has 10 heavy (non-hydrogen) atoms. The van der Waals surface area contributed by atoms with E-state index in [1.54, 1.807) is 12.4 Å². The van der Waals surface area contributed by atoms with Gasteiger partial charge in [-0.05, 0) is 24.6 Å². The maximum atomic E-state index is 5.08. The topological polar surface area (TPSA) is 22.1 Å². The summed E-state index contributed by atoms with van der Waals surface area (Å²) in [5, 5.41) is 0. The highest BCUT2D eigenvalue weighted by molar-refractivity contribution is 5.07. The zero-order valence-corrected chi connectivity index (χ0v) is 5.79. The van der Waals surface area contributed by atoms with Gasteiger partial charge in [0.05, 0.1) is 6.61 Å². The molecule has 1 radical (unpaired) electrons. The summed E-state index contributed by atoms with van der Waals surface area (Å²) in [5.74, 6) is 0. The number of hydrogen-bond acceptors (Lipinski definition) is 2. The molecule has 0 amide bonds. The van der Waals surface area contributed by atoms with Gasteiger partial charge >= 0.3 is 0 Å². The van der Waals surface area contributed by atoms with Gasteiger partial charge in [0.15, 0.2) is 0 Å². The van der Waals surface area contributed by atoms with E-state index in [4.69, 9.17) is 4.74 Å². The van der Waals surface area contributed by atoms with E-state index in [1.165, 1.54) is 0 Å².